The minimum Gasteiger partial charge on any atom is -0.326 e. The third kappa shape index (κ3) is 5.50. The van der Waals surface area contributed by atoms with Crippen LogP contribution in [0.15, 0.2) is 18.2 Å². The molecule has 0 saturated carbocycles. The molecule has 1 aromatic carbocycles. The highest BCUT2D eigenvalue weighted by atomic mass is 35.5. The third-order valence-electron chi connectivity index (χ3n) is 3.66. The number of carbonyl (C=O) groups excluding carboxylic acids is 1. The van der Waals surface area contributed by atoms with Gasteiger partial charge in [-0.05, 0) is 49.5 Å². The molecule has 5 heteroatoms. The van der Waals surface area contributed by atoms with E-state index in [0.29, 0.717) is 6.42 Å². The molecule has 0 fully saturated rings. The Balaban J connectivity index is 0.00000200. The van der Waals surface area contributed by atoms with Gasteiger partial charge in [-0.2, -0.15) is 0 Å². The van der Waals surface area contributed by atoms with Crippen molar-refractivity contribution in [3.8, 4) is 0 Å². The van der Waals surface area contributed by atoms with Gasteiger partial charge in [0.1, 0.15) is 0 Å². The maximum Gasteiger partial charge on any atom is 0.228 e. The summed E-state index contributed by atoms with van der Waals surface area (Å²) in [5.74, 6) is 0.126. The van der Waals surface area contributed by atoms with E-state index in [1.165, 1.54) is 37.1 Å². The van der Waals surface area contributed by atoms with E-state index in [4.69, 9.17) is 0 Å². The molecule has 0 aliphatic carbocycles. The van der Waals surface area contributed by atoms with Crippen molar-refractivity contribution in [1.29, 1.82) is 0 Å². The van der Waals surface area contributed by atoms with E-state index in [1.54, 1.807) is 0 Å². The van der Waals surface area contributed by atoms with Crippen LogP contribution in [0.4, 0.5) is 5.69 Å². The Morgan fingerprint density at radius 1 is 1.10 bits per heavy atom. The zero-order chi connectivity index (χ0) is 13.7. The minimum absolute atomic E-state index is 0. The predicted octanol–water partition coefficient (Wildman–Crippen LogP) is 3.69. The smallest absolute Gasteiger partial charge is 0.228 e. The van der Waals surface area contributed by atoms with Crippen LogP contribution in [-0.4, -0.2) is 30.4 Å². The van der Waals surface area contributed by atoms with Gasteiger partial charge in [0.15, 0.2) is 0 Å². The SMILES string of the molecule is CCCN(CCC)CCc1cccc2c1CC(=O)N2.Cl.Cl. The normalized spacial score (nSPS) is 12.4. The largest absolute Gasteiger partial charge is 0.326 e. The number of benzene rings is 1. The number of amides is 1. The zero-order valence-electron chi connectivity index (χ0n) is 12.9. The van der Waals surface area contributed by atoms with Gasteiger partial charge in [-0.15, -0.1) is 24.8 Å². The van der Waals surface area contributed by atoms with Crippen LogP contribution in [-0.2, 0) is 17.6 Å². The van der Waals surface area contributed by atoms with Crippen molar-refractivity contribution in [1.82, 2.24) is 4.90 Å². The van der Waals surface area contributed by atoms with E-state index in [9.17, 15) is 4.79 Å². The van der Waals surface area contributed by atoms with Crippen LogP contribution >= 0.6 is 24.8 Å². The van der Waals surface area contributed by atoms with Crippen molar-refractivity contribution in [2.45, 2.75) is 39.5 Å². The lowest BCUT2D eigenvalue weighted by atomic mass is 10.0. The topological polar surface area (TPSA) is 32.3 Å². The zero-order valence-corrected chi connectivity index (χ0v) is 14.5. The van der Waals surface area contributed by atoms with Gasteiger partial charge in [0.05, 0.1) is 6.42 Å². The molecule has 1 aliphatic rings. The molecule has 1 aromatic rings. The monoisotopic (exact) mass is 332 g/mol. The molecule has 21 heavy (non-hydrogen) atoms. The molecule has 2 rings (SSSR count). The Bertz CT molecular complexity index is 446. The number of nitrogens with zero attached hydrogens (tertiary/aromatic N) is 1. The minimum atomic E-state index is 0. The van der Waals surface area contributed by atoms with Gasteiger partial charge in [-0.3, -0.25) is 4.79 Å². The highest BCUT2D eigenvalue weighted by Gasteiger charge is 2.20. The number of hydrogen-bond donors (Lipinski definition) is 1. The number of carbonyl (C=O) groups is 1. The second-order valence-corrected chi connectivity index (χ2v) is 5.26. The van der Waals surface area contributed by atoms with Gasteiger partial charge in [0, 0.05) is 12.2 Å². The van der Waals surface area contributed by atoms with Crippen LogP contribution in [0, 0.1) is 0 Å². The summed E-state index contributed by atoms with van der Waals surface area (Å²) >= 11 is 0. The summed E-state index contributed by atoms with van der Waals surface area (Å²) < 4.78 is 0. The van der Waals surface area contributed by atoms with Crippen molar-refractivity contribution < 1.29 is 4.79 Å². The first-order valence-corrected chi connectivity index (χ1v) is 7.37. The molecule has 0 bridgehead atoms. The van der Waals surface area contributed by atoms with Crippen molar-refractivity contribution in [3.63, 3.8) is 0 Å². The summed E-state index contributed by atoms with van der Waals surface area (Å²) in [6.45, 7) is 7.88. The van der Waals surface area contributed by atoms with E-state index in [-0.39, 0.29) is 30.7 Å². The summed E-state index contributed by atoms with van der Waals surface area (Å²) in [6, 6.07) is 6.21. The Hall–Kier alpha value is -0.770. The maximum absolute atomic E-state index is 11.5. The van der Waals surface area contributed by atoms with Crippen molar-refractivity contribution in [2.75, 3.05) is 25.0 Å². The number of rotatable bonds is 7. The molecule has 0 spiro atoms. The van der Waals surface area contributed by atoms with Gasteiger partial charge in [-0.25, -0.2) is 0 Å². The molecule has 3 nitrogen and oxygen atoms in total. The first-order valence-electron chi connectivity index (χ1n) is 7.37. The average molecular weight is 333 g/mol. The first-order chi connectivity index (χ1) is 9.24. The molecule has 1 aliphatic heterocycles. The second kappa shape index (κ2) is 10.0. The molecular formula is C16H26Cl2N2O. The lowest BCUT2D eigenvalue weighted by Crippen LogP contribution is -2.28. The van der Waals surface area contributed by atoms with E-state index in [1.807, 2.05) is 12.1 Å². The van der Waals surface area contributed by atoms with Crippen LogP contribution in [0.3, 0.4) is 0 Å². The number of hydrogen-bond acceptors (Lipinski definition) is 2. The van der Waals surface area contributed by atoms with Crippen LogP contribution < -0.4 is 5.32 Å². The third-order valence-corrected chi connectivity index (χ3v) is 3.66. The van der Waals surface area contributed by atoms with Crippen molar-refractivity contribution in [2.24, 2.45) is 0 Å². The number of halogens is 2. The lowest BCUT2D eigenvalue weighted by Gasteiger charge is -2.21. The number of nitrogens with one attached hydrogen (secondary N) is 1. The molecule has 120 valence electrons. The predicted molar refractivity (Wildman–Crippen MR) is 94.0 cm³/mol. The van der Waals surface area contributed by atoms with E-state index in [2.05, 4.69) is 30.1 Å². The van der Waals surface area contributed by atoms with E-state index >= 15 is 0 Å². The van der Waals surface area contributed by atoms with Crippen LogP contribution in [0.1, 0.15) is 37.8 Å². The molecule has 0 aromatic heterocycles. The molecular weight excluding hydrogens is 307 g/mol. The fourth-order valence-corrected chi connectivity index (χ4v) is 2.80. The molecule has 0 saturated heterocycles. The van der Waals surface area contributed by atoms with Crippen LogP contribution in [0.5, 0.6) is 0 Å². The first kappa shape index (κ1) is 20.2. The van der Waals surface area contributed by atoms with Gasteiger partial charge < -0.3 is 10.2 Å². The summed E-state index contributed by atoms with van der Waals surface area (Å²) in [4.78, 5) is 14.0. The van der Waals surface area contributed by atoms with E-state index in [0.717, 1.165) is 18.7 Å². The Morgan fingerprint density at radius 3 is 2.38 bits per heavy atom. The maximum atomic E-state index is 11.5. The summed E-state index contributed by atoms with van der Waals surface area (Å²) in [5, 5.41) is 2.92. The fourth-order valence-electron chi connectivity index (χ4n) is 2.80. The Labute approximate surface area is 140 Å². The van der Waals surface area contributed by atoms with Crippen molar-refractivity contribution in [3.05, 3.63) is 29.3 Å². The van der Waals surface area contributed by atoms with Gasteiger partial charge in [0.25, 0.3) is 0 Å². The summed E-state index contributed by atoms with van der Waals surface area (Å²) in [6.07, 6.45) is 3.99. The lowest BCUT2D eigenvalue weighted by molar-refractivity contribution is -0.115. The Morgan fingerprint density at radius 2 is 1.76 bits per heavy atom. The fraction of sp³-hybridized carbons (Fsp3) is 0.562. The molecule has 1 amide bonds. The second-order valence-electron chi connectivity index (χ2n) is 5.26. The molecule has 1 N–H and O–H groups in total. The van der Waals surface area contributed by atoms with Crippen LogP contribution in [0.25, 0.3) is 0 Å². The number of fused-ring (bicyclic) bond motifs is 1. The Kier molecular flexibility index (Phi) is 9.67. The molecule has 0 unspecified atom stereocenters. The average Bonchev–Trinajstić information content (AvgIpc) is 2.77. The van der Waals surface area contributed by atoms with Gasteiger partial charge in [-0.1, -0.05) is 26.0 Å². The highest BCUT2D eigenvalue weighted by molar-refractivity contribution is 5.99. The summed E-state index contributed by atoms with van der Waals surface area (Å²) in [7, 11) is 0. The van der Waals surface area contributed by atoms with Crippen LogP contribution in [0.2, 0.25) is 0 Å². The molecule has 0 atom stereocenters. The molecule has 0 radical (unpaired) electrons. The van der Waals surface area contributed by atoms with Crippen molar-refractivity contribution >= 4 is 36.4 Å². The standard InChI is InChI=1S/C16H24N2O.2ClH/c1-3-9-18(10-4-2)11-8-13-6-5-7-15-14(13)12-16(19)17-15;;/h5-7H,3-4,8-12H2,1-2H3,(H,17,19);2*1H. The van der Waals surface area contributed by atoms with E-state index < -0.39 is 0 Å². The van der Waals surface area contributed by atoms with Gasteiger partial charge >= 0.3 is 0 Å². The summed E-state index contributed by atoms with van der Waals surface area (Å²) in [5.41, 5.74) is 3.55. The quantitative estimate of drug-likeness (QED) is 0.825. The number of anilines is 1. The van der Waals surface area contributed by atoms with Gasteiger partial charge in [0.2, 0.25) is 5.91 Å². The highest BCUT2D eigenvalue weighted by Crippen LogP contribution is 2.26. The molecule has 1 heterocycles.